The number of amides is 3. The minimum Gasteiger partial charge on any atom is -0.340 e. The van der Waals surface area contributed by atoms with Crippen LogP contribution in [0.25, 0.3) is 0 Å². The lowest BCUT2D eigenvalue weighted by Gasteiger charge is -2.18. The number of nitrogens with one attached hydrogen (secondary N) is 3. The molecule has 28 heavy (non-hydrogen) atoms. The minimum atomic E-state index is -0.747. The van der Waals surface area contributed by atoms with Crippen LogP contribution >= 0.6 is 11.8 Å². The van der Waals surface area contributed by atoms with Crippen molar-refractivity contribution in [3.8, 4) is 0 Å². The molecule has 2 aromatic rings. The Morgan fingerprint density at radius 2 is 1.54 bits per heavy atom. The first-order chi connectivity index (χ1) is 13.5. The molecule has 0 bridgehead atoms. The van der Waals surface area contributed by atoms with Crippen LogP contribution in [0.15, 0.2) is 54.6 Å². The summed E-state index contributed by atoms with van der Waals surface area (Å²) in [6.07, 6.45) is 3.26. The maximum absolute atomic E-state index is 12.5. The maximum Gasteiger partial charge on any atom is 0.269 e. The summed E-state index contributed by atoms with van der Waals surface area (Å²) in [6, 6.07) is 15.1. The molecule has 0 radical (unpaired) electrons. The molecule has 3 amide bonds. The molecule has 2 rings (SSSR count). The number of benzene rings is 2. The van der Waals surface area contributed by atoms with Gasteiger partial charge < -0.3 is 5.32 Å². The molecule has 0 spiro atoms. The Hall–Kier alpha value is -2.80. The minimum absolute atomic E-state index is 0.330. The molecule has 0 saturated carbocycles. The van der Waals surface area contributed by atoms with Gasteiger partial charge in [-0.15, -0.1) is 0 Å². The summed E-state index contributed by atoms with van der Waals surface area (Å²) >= 11 is 1.58. The predicted octanol–water partition coefficient (Wildman–Crippen LogP) is 2.56. The summed E-state index contributed by atoms with van der Waals surface area (Å²) in [4.78, 5) is 37.1. The van der Waals surface area contributed by atoms with Crippen molar-refractivity contribution in [2.75, 3.05) is 12.0 Å². The molecule has 148 valence electrons. The third-order valence-corrected chi connectivity index (χ3v) is 4.84. The van der Waals surface area contributed by atoms with Crippen molar-refractivity contribution in [1.29, 1.82) is 0 Å². The van der Waals surface area contributed by atoms with Gasteiger partial charge in [-0.25, -0.2) is 0 Å². The standard InChI is InChI=1S/C21H25N3O3S/c1-3-15-9-11-17(12-10-15)20(26)23-24-21(27)18(13-14-28-2)22-19(25)16-7-5-4-6-8-16/h4-12,18H,3,13-14H2,1-2H3,(H,22,25)(H,23,26)(H,24,27)/t18-/m0/s1. The highest BCUT2D eigenvalue weighted by Gasteiger charge is 2.21. The predicted molar refractivity (Wildman–Crippen MR) is 112 cm³/mol. The molecular weight excluding hydrogens is 374 g/mol. The largest absolute Gasteiger partial charge is 0.340 e. The molecule has 1 atom stereocenters. The van der Waals surface area contributed by atoms with Crippen molar-refractivity contribution in [3.05, 3.63) is 71.3 Å². The Balaban J connectivity index is 1.95. The molecule has 2 aromatic carbocycles. The van der Waals surface area contributed by atoms with Crippen LogP contribution in [0.2, 0.25) is 0 Å². The normalized spacial score (nSPS) is 11.4. The number of hydrogen-bond donors (Lipinski definition) is 3. The molecular formula is C21H25N3O3S. The van der Waals surface area contributed by atoms with Gasteiger partial charge in [0, 0.05) is 11.1 Å². The zero-order chi connectivity index (χ0) is 20.4. The lowest BCUT2D eigenvalue weighted by molar-refractivity contribution is -0.123. The van der Waals surface area contributed by atoms with Crippen molar-refractivity contribution < 1.29 is 14.4 Å². The van der Waals surface area contributed by atoms with E-state index in [-0.39, 0.29) is 5.91 Å². The average Bonchev–Trinajstić information content (AvgIpc) is 2.75. The van der Waals surface area contributed by atoms with Crippen LogP contribution in [0.3, 0.4) is 0 Å². The Morgan fingerprint density at radius 3 is 2.14 bits per heavy atom. The van der Waals surface area contributed by atoms with Crippen LogP contribution < -0.4 is 16.2 Å². The van der Waals surface area contributed by atoms with Crippen molar-refractivity contribution in [3.63, 3.8) is 0 Å². The first-order valence-electron chi connectivity index (χ1n) is 9.09. The van der Waals surface area contributed by atoms with Crippen molar-refractivity contribution in [2.24, 2.45) is 0 Å². The zero-order valence-electron chi connectivity index (χ0n) is 16.0. The molecule has 6 nitrogen and oxygen atoms in total. The molecule has 0 unspecified atom stereocenters. The van der Waals surface area contributed by atoms with Crippen LogP contribution in [0.5, 0.6) is 0 Å². The van der Waals surface area contributed by atoms with Gasteiger partial charge in [0.05, 0.1) is 0 Å². The summed E-state index contributed by atoms with van der Waals surface area (Å²) in [7, 11) is 0. The summed E-state index contributed by atoms with van der Waals surface area (Å²) in [5, 5.41) is 2.73. The van der Waals surface area contributed by atoms with Crippen LogP contribution in [0, 0.1) is 0 Å². The number of aryl methyl sites for hydroxylation is 1. The lowest BCUT2D eigenvalue weighted by atomic mass is 10.1. The van der Waals surface area contributed by atoms with E-state index in [1.54, 1.807) is 48.2 Å². The van der Waals surface area contributed by atoms with Crippen molar-refractivity contribution in [1.82, 2.24) is 16.2 Å². The summed E-state index contributed by atoms with van der Waals surface area (Å²) < 4.78 is 0. The Bertz CT molecular complexity index is 794. The van der Waals surface area contributed by atoms with Gasteiger partial charge in [0.25, 0.3) is 17.7 Å². The van der Waals surface area contributed by atoms with Gasteiger partial charge in [0.2, 0.25) is 0 Å². The number of hydrogen-bond acceptors (Lipinski definition) is 4. The Labute approximate surface area is 169 Å². The van der Waals surface area contributed by atoms with Crippen molar-refractivity contribution in [2.45, 2.75) is 25.8 Å². The highest BCUT2D eigenvalue weighted by Crippen LogP contribution is 2.06. The second-order valence-corrected chi connectivity index (χ2v) is 7.15. The molecule has 0 aromatic heterocycles. The molecule has 0 heterocycles. The van der Waals surface area contributed by atoms with Gasteiger partial charge in [-0.1, -0.05) is 37.3 Å². The number of carbonyl (C=O) groups is 3. The molecule has 0 saturated heterocycles. The topological polar surface area (TPSA) is 87.3 Å². The van der Waals surface area contributed by atoms with E-state index in [9.17, 15) is 14.4 Å². The Kier molecular flexibility index (Phi) is 8.55. The van der Waals surface area contributed by atoms with Crippen LogP contribution in [0.4, 0.5) is 0 Å². The SMILES string of the molecule is CCc1ccc(C(=O)NNC(=O)[C@H](CCSC)NC(=O)c2ccccc2)cc1. The first kappa shape index (κ1) is 21.5. The quantitative estimate of drug-likeness (QED) is 0.596. The van der Waals surface area contributed by atoms with E-state index in [0.717, 1.165) is 12.0 Å². The van der Waals surface area contributed by atoms with E-state index in [4.69, 9.17) is 0 Å². The summed E-state index contributed by atoms with van der Waals surface area (Å²) in [5.41, 5.74) is 6.88. The molecule has 3 N–H and O–H groups in total. The second-order valence-electron chi connectivity index (χ2n) is 6.17. The fourth-order valence-corrected chi connectivity index (χ4v) is 2.98. The van der Waals surface area contributed by atoms with Crippen molar-refractivity contribution >= 4 is 29.5 Å². The number of carbonyl (C=O) groups excluding carboxylic acids is 3. The second kappa shape index (κ2) is 11.1. The summed E-state index contributed by atoms with van der Waals surface area (Å²) in [6.45, 7) is 2.04. The van der Waals surface area contributed by atoms with Gasteiger partial charge in [-0.3, -0.25) is 25.2 Å². The van der Waals surface area contributed by atoms with E-state index in [1.807, 2.05) is 31.4 Å². The van der Waals surface area contributed by atoms with E-state index < -0.39 is 17.9 Å². The highest BCUT2D eigenvalue weighted by atomic mass is 32.2. The van der Waals surface area contributed by atoms with Crippen LogP contribution in [-0.2, 0) is 11.2 Å². The fraction of sp³-hybridized carbons (Fsp3) is 0.286. The first-order valence-corrected chi connectivity index (χ1v) is 10.5. The summed E-state index contributed by atoms with van der Waals surface area (Å²) in [5.74, 6) is -0.506. The molecule has 0 aliphatic carbocycles. The number of thioether (sulfide) groups is 1. The van der Waals surface area contributed by atoms with Gasteiger partial charge >= 0.3 is 0 Å². The number of rotatable bonds is 8. The third kappa shape index (κ3) is 6.42. The molecule has 7 heteroatoms. The van der Waals surface area contributed by atoms with E-state index in [2.05, 4.69) is 16.2 Å². The Morgan fingerprint density at radius 1 is 0.893 bits per heavy atom. The van der Waals surface area contributed by atoms with Gasteiger partial charge in [0.1, 0.15) is 6.04 Å². The van der Waals surface area contributed by atoms with Gasteiger partial charge in [-0.05, 0) is 54.7 Å². The van der Waals surface area contributed by atoms with Gasteiger partial charge in [-0.2, -0.15) is 11.8 Å². The smallest absolute Gasteiger partial charge is 0.269 e. The van der Waals surface area contributed by atoms with Gasteiger partial charge in [0.15, 0.2) is 0 Å². The third-order valence-electron chi connectivity index (χ3n) is 4.19. The van der Waals surface area contributed by atoms with Crippen LogP contribution in [-0.4, -0.2) is 35.8 Å². The zero-order valence-corrected chi connectivity index (χ0v) is 16.8. The highest BCUT2D eigenvalue weighted by molar-refractivity contribution is 7.98. The average molecular weight is 400 g/mol. The van der Waals surface area contributed by atoms with E-state index in [1.165, 1.54) is 0 Å². The lowest BCUT2D eigenvalue weighted by Crippen LogP contribution is -2.52. The fourth-order valence-electron chi connectivity index (χ4n) is 2.51. The maximum atomic E-state index is 12.5. The molecule has 0 aliphatic heterocycles. The molecule has 0 aliphatic rings. The number of hydrazine groups is 1. The molecule has 0 fully saturated rings. The van der Waals surface area contributed by atoms with Crippen LogP contribution in [0.1, 0.15) is 39.6 Å². The van der Waals surface area contributed by atoms with E-state index >= 15 is 0 Å². The monoisotopic (exact) mass is 399 g/mol. The van der Waals surface area contributed by atoms with E-state index in [0.29, 0.717) is 23.3 Å².